The molecule has 1 aliphatic rings. The van der Waals surface area contributed by atoms with Gasteiger partial charge in [0.1, 0.15) is 0 Å². The summed E-state index contributed by atoms with van der Waals surface area (Å²) in [5.74, 6) is 1.12. The van der Waals surface area contributed by atoms with Gasteiger partial charge in [0.25, 0.3) is 5.78 Å². The van der Waals surface area contributed by atoms with Crippen molar-refractivity contribution in [3.8, 4) is 11.5 Å². The van der Waals surface area contributed by atoms with Crippen molar-refractivity contribution in [1.29, 1.82) is 0 Å². The first-order chi connectivity index (χ1) is 14.0. The monoisotopic (exact) mass is 510 g/mol. The molecule has 4 rings (SSSR count). The fourth-order valence-electron chi connectivity index (χ4n) is 2.84. The largest absolute Gasteiger partial charge is 0.449 e. The van der Waals surface area contributed by atoms with E-state index in [1.165, 1.54) is 0 Å². The lowest BCUT2D eigenvalue weighted by Gasteiger charge is -2.07. The van der Waals surface area contributed by atoms with Crippen LogP contribution in [-0.2, 0) is 4.79 Å². The molecule has 3 nitrogen and oxygen atoms in total. The first-order valence-corrected chi connectivity index (χ1v) is 10.5. The van der Waals surface area contributed by atoms with Crippen molar-refractivity contribution < 1.29 is 14.3 Å². The zero-order valence-corrected chi connectivity index (χ0v) is 18.7. The predicted molar refractivity (Wildman–Crippen MR) is 122 cm³/mol. The molecule has 29 heavy (non-hydrogen) atoms. The number of ether oxygens (including phenoxy) is 2. The number of Topliss-reactive ketones (excluding diaryl/α,β-unsaturated/α-hetero) is 1. The number of halogens is 2. The van der Waals surface area contributed by atoms with Gasteiger partial charge in [0, 0.05) is 8.95 Å². The molecule has 0 aliphatic carbocycles. The van der Waals surface area contributed by atoms with Crippen molar-refractivity contribution in [2.75, 3.05) is 0 Å². The van der Waals surface area contributed by atoms with Gasteiger partial charge in [0.2, 0.25) is 0 Å². The average molecular weight is 512 g/mol. The van der Waals surface area contributed by atoms with E-state index >= 15 is 0 Å². The molecule has 0 saturated heterocycles. The minimum absolute atomic E-state index is 0.207. The van der Waals surface area contributed by atoms with Gasteiger partial charge in [-0.1, -0.05) is 62.2 Å². The second-order valence-corrected chi connectivity index (χ2v) is 8.44. The first kappa shape index (κ1) is 19.7. The molecule has 0 amide bonds. The molecule has 0 spiro atoms. The predicted octanol–water partition coefficient (Wildman–Crippen LogP) is 6.94. The Morgan fingerprint density at radius 1 is 0.690 bits per heavy atom. The summed E-state index contributed by atoms with van der Waals surface area (Å²) in [4.78, 5) is 13.2. The minimum atomic E-state index is -0.315. The highest BCUT2D eigenvalue weighted by molar-refractivity contribution is 9.10. The van der Waals surface area contributed by atoms with E-state index in [9.17, 15) is 4.79 Å². The lowest BCUT2D eigenvalue weighted by atomic mass is 10.1. The Kier molecular flexibility index (Phi) is 5.69. The molecule has 0 radical (unpaired) electrons. The Hall–Kier alpha value is -2.63. The summed E-state index contributed by atoms with van der Waals surface area (Å²) < 4.78 is 13.9. The van der Waals surface area contributed by atoms with Gasteiger partial charge in [-0.05, 0) is 72.2 Å². The van der Waals surface area contributed by atoms with Crippen LogP contribution in [0.25, 0.3) is 12.2 Å². The van der Waals surface area contributed by atoms with Crippen LogP contribution < -0.4 is 9.47 Å². The smallest absolute Gasteiger partial charge is 0.263 e. The molecule has 3 aromatic rings. The molecule has 1 aliphatic heterocycles. The first-order valence-electron chi connectivity index (χ1n) is 8.93. The standard InChI is InChI=1S/C24H16Br2O3/c1-15-2-11-20-21(12-15)29-23(14-17-5-9-19(26)10-6-17)24(27)22(28-20)13-16-3-7-18(25)8-4-16/h2-14H,1H3/b22-13-,23-14-. The van der Waals surface area contributed by atoms with Crippen molar-refractivity contribution in [3.05, 3.63) is 104 Å². The van der Waals surface area contributed by atoms with Gasteiger partial charge in [-0.2, -0.15) is 0 Å². The molecule has 0 bridgehead atoms. The molecule has 144 valence electrons. The molecule has 5 heteroatoms. The number of aryl methyl sites for hydroxylation is 1. The summed E-state index contributed by atoms with van der Waals surface area (Å²) in [6.45, 7) is 1.97. The number of carbonyl (C=O) groups excluding carboxylic acids is 1. The zero-order valence-electron chi connectivity index (χ0n) is 15.5. The number of hydrogen-bond donors (Lipinski definition) is 0. The van der Waals surface area contributed by atoms with Crippen LogP contribution in [0.3, 0.4) is 0 Å². The van der Waals surface area contributed by atoms with Crippen LogP contribution in [0.2, 0.25) is 0 Å². The maximum absolute atomic E-state index is 13.2. The number of carbonyl (C=O) groups is 1. The Bertz CT molecular complexity index is 1130. The van der Waals surface area contributed by atoms with E-state index in [1.54, 1.807) is 12.2 Å². The third-order valence-electron chi connectivity index (χ3n) is 4.32. The third kappa shape index (κ3) is 4.69. The minimum Gasteiger partial charge on any atom is -0.449 e. The third-order valence-corrected chi connectivity index (χ3v) is 5.38. The van der Waals surface area contributed by atoms with Gasteiger partial charge in [-0.15, -0.1) is 0 Å². The van der Waals surface area contributed by atoms with E-state index in [2.05, 4.69) is 31.9 Å². The van der Waals surface area contributed by atoms with E-state index in [-0.39, 0.29) is 17.3 Å². The van der Waals surface area contributed by atoms with Crippen LogP contribution in [0.4, 0.5) is 0 Å². The van der Waals surface area contributed by atoms with E-state index in [4.69, 9.17) is 9.47 Å². The average Bonchev–Trinajstić information content (AvgIpc) is 2.82. The second kappa shape index (κ2) is 8.39. The molecular weight excluding hydrogens is 496 g/mol. The van der Waals surface area contributed by atoms with E-state index in [0.29, 0.717) is 11.5 Å². The summed E-state index contributed by atoms with van der Waals surface area (Å²) in [5.41, 5.74) is 2.73. The van der Waals surface area contributed by atoms with Gasteiger partial charge >= 0.3 is 0 Å². The molecule has 0 fully saturated rings. The summed E-state index contributed by atoms with van der Waals surface area (Å²) in [6.07, 6.45) is 3.45. The van der Waals surface area contributed by atoms with Crippen LogP contribution >= 0.6 is 31.9 Å². The van der Waals surface area contributed by atoms with Crippen LogP contribution in [0.15, 0.2) is 87.2 Å². The van der Waals surface area contributed by atoms with Gasteiger partial charge in [0.15, 0.2) is 23.0 Å². The SMILES string of the molecule is Cc1ccc2c(c1)O/C(=C\c1ccc(Br)cc1)C(=O)/C(=C/c1ccc(Br)cc1)O2. The molecule has 0 atom stereocenters. The van der Waals surface area contributed by atoms with Gasteiger partial charge in [-0.25, -0.2) is 0 Å². The highest BCUT2D eigenvalue weighted by atomic mass is 79.9. The Labute approximate surface area is 185 Å². The summed E-state index contributed by atoms with van der Waals surface area (Å²) in [5, 5.41) is 0. The number of hydrogen-bond acceptors (Lipinski definition) is 3. The number of fused-ring (bicyclic) bond motifs is 1. The molecule has 0 saturated carbocycles. The van der Waals surface area contributed by atoms with Crippen LogP contribution in [0, 0.1) is 6.92 Å². The number of rotatable bonds is 2. The van der Waals surface area contributed by atoms with E-state index in [0.717, 1.165) is 25.6 Å². The highest BCUT2D eigenvalue weighted by Crippen LogP contribution is 2.36. The zero-order chi connectivity index (χ0) is 20.4. The summed E-state index contributed by atoms with van der Waals surface area (Å²) in [7, 11) is 0. The summed E-state index contributed by atoms with van der Waals surface area (Å²) in [6, 6.07) is 20.9. The maximum atomic E-state index is 13.2. The lowest BCUT2D eigenvalue weighted by molar-refractivity contribution is -0.115. The second-order valence-electron chi connectivity index (χ2n) is 6.60. The molecule has 0 N–H and O–H groups in total. The molecule has 0 unspecified atom stereocenters. The Balaban J connectivity index is 1.81. The lowest BCUT2D eigenvalue weighted by Crippen LogP contribution is -2.12. The van der Waals surface area contributed by atoms with Gasteiger partial charge in [0.05, 0.1) is 0 Å². The van der Waals surface area contributed by atoms with E-state index in [1.807, 2.05) is 73.7 Å². The molecule has 1 heterocycles. The molecule has 0 aromatic heterocycles. The summed E-state index contributed by atoms with van der Waals surface area (Å²) >= 11 is 6.85. The van der Waals surface area contributed by atoms with E-state index < -0.39 is 0 Å². The van der Waals surface area contributed by atoms with Crippen molar-refractivity contribution in [3.63, 3.8) is 0 Å². The van der Waals surface area contributed by atoms with Crippen LogP contribution in [0.1, 0.15) is 16.7 Å². The topological polar surface area (TPSA) is 35.5 Å². The molecular formula is C24H16Br2O3. The maximum Gasteiger partial charge on any atom is 0.263 e. The Morgan fingerprint density at radius 3 is 1.69 bits per heavy atom. The van der Waals surface area contributed by atoms with Gasteiger partial charge < -0.3 is 9.47 Å². The normalized spacial score (nSPS) is 16.2. The van der Waals surface area contributed by atoms with Crippen molar-refractivity contribution in [2.45, 2.75) is 6.92 Å². The highest BCUT2D eigenvalue weighted by Gasteiger charge is 2.26. The number of ketones is 1. The number of benzene rings is 3. The van der Waals surface area contributed by atoms with Crippen molar-refractivity contribution >= 4 is 49.8 Å². The van der Waals surface area contributed by atoms with Gasteiger partial charge in [-0.3, -0.25) is 4.79 Å². The fourth-order valence-corrected chi connectivity index (χ4v) is 3.37. The quantitative estimate of drug-likeness (QED) is 0.349. The Morgan fingerprint density at radius 2 is 1.17 bits per heavy atom. The molecule has 3 aromatic carbocycles. The van der Waals surface area contributed by atoms with Crippen LogP contribution in [-0.4, -0.2) is 5.78 Å². The fraction of sp³-hybridized carbons (Fsp3) is 0.0417. The van der Waals surface area contributed by atoms with Crippen molar-refractivity contribution in [2.24, 2.45) is 0 Å². The van der Waals surface area contributed by atoms with Crippen molar-refractivity contribution in [1.82, 2.24) is 0 Å². The van der Waals surface area contributed by atoms with Crippen LogP contribution in [0.5, 0.6) is 11.5 Å².